The van der Waals surface area contributed by atoms with Crippen LogP contribution in [0.3, 0.4) is 0 Å². The van der Waals surface area contributed by atoms with Crippen molar-refractivity contribution in [2.75, 3.05) is 0 Å². The lowest BCUT2D eigenvalue weighted by Crippen LogP contribution is -2.54. The molecule has 138 valence electrons. The highest BCUT2D eigenvalue weighted by molar-refractivity contribution is 5.86. The van der Waals surface area contributed by atoms with Crippen molar-refractivity contribution < 1.29 is 19.4 Å². The molecular weight excluding hydrogens is 336 g/mol. The van der Waals surface area contributed by atoms with Gasteiger partial charge in [-0.3, -0.25) is 4.79 Å². The van der Waals surface area contributed by atoms with Crippen molar-refractivity contribution in [3.63, 3.8) is 0 Å². The second kappa shape index (κ2) is 7.15. The molecule has 1 aliphatic heterocycles. The molecule has 26 heavy (non-hydrogen) atoms. The van der Waals surface area contributed by atoms with E-state index in [2.05, 4.69) is 10.2 Å². The minimum absolute atomic E-state index is 0.101. The first-order valence-electron chi connectivity index (χ1n) is 8.56. The van der Waals surface area contributed by atoms with Gasteiger partial charge in [0, 0.05) is 0 Å². The summed E-state index contributed by atoms with van der Waals surface area (Å²) < 4.78 is 7.65. The van der Waals surface area contributed by atoms with Crippen LogP contribution in [-0.2, 0) is 22.7 Å². The Kier molecular flexibility index (Phi) is 4.92. The molecule has 1 amide bonds. The first-order chi connectivity index (χ1) is 12.4. The predicted molar refractivity (Wildman–Crippen MR) is 92.6 cm³/mol. The topological polar surface area (TPSA) is 97.5 Å². The van der Waals surface area contributed by atoms with Crippen LogP contribution >= 0.6 is 0 Å². The van der Waals surface area contributed by atoms with Crippen LogP contribution in [0.15, 0.2) is 24.3 Å². The Morgan fingerprint density at radius 2 is 2.04 bits per heavy atom. The Bertz CT molecular complexity index is 832. The summed E-state index contributed by atoms with van der Waals surface area (Å²) in [4.78, 5) is 26.1. The highest BCUT2D eigenvalue weighted by Gasteiger charge is 2.39. The van der Waals surface area contributed by atoms with Crippen LogP contribution in [-0.4, -0.2) is 48.8 Å². The molecule has 0 saturated carbocycles. The molecule has 1 aromatic heterocycles. The fourth-order valence-electron chi connectivity index (χ4n) is 3.09. The SMILES string of the molecule is CCC(Oc1ccccc1C)C(=O)N1Cc2nnc(C)n2CC1C(=O)O. The molecular formula is C18H22N4O4. The third-order valence-electron chi connectivity index (χ3n) is 4.63. The normalized spacial score (nSPS) is 17.5. The highest BCUT2D eigenvalue weighted by Crippen LogP contribution is 2.23. The van der Waals surface area contributed by atoms with Crippen LogP contribution < -0.4 is 4.74 Å². The lowest BCUT2D eigenvalue weighted by molar-refractivity contribution is -0.156. The molecule has 0 aliphatic carbocycles. The van der Waals surface area contributed by atoms with Crippen molar-refractivity contribution in [1.82, 2.24) is 19.7 Å². The molecule has 0 spiro atoms. The fraction of sp³-hybridized carbons (Fsp3) is 0.444. The summed E-state index contributed by atoms with van der Waals surface area (Å²) in [5.41, 5.74) is 0.919. The molecule has 0 radical (unpaired) electrons. The van der Waals surface area contributed by atoms with Crippen LogP contribution in [0, 0.1) is 13.8 Å². The molecule has 0 bridgehead atoms. The van der Waals surface area contributed by atoms with E-state index < -0.39 is 18.1 Å². The smallest absolute Gasteiger partial charge is 0.328 e. The van der Waals surface area contributed by atoms with Gasteiger partial charge in [0.05, 0.1) is 13.1 Å². The first kappa shape index (κ1) is 17.9. The number of benzene rings is 1. The molecule has 8 heteroatoms. The number of aliphatic carboxylic acids is 1. The molecule has 1 aliphatic rings. The Labute approximate surface area is 151 Å². The monoisotopic (exact) mass is 358 g/mol. The van der Waals surface area contributed by atoms with E-state index in [1.165, 1.54) is 4.90 Å². The molecule has 8 nitrogen and oxygen atoms in total. The Hall–Kier alpha value is -2.90. The lowest BCUT2D eigenvalue weighted by Gasteiger charge is -2.35. The van der Waals surface area contributed by atoms with Gasteiger partial charge in [-0.25, -0.2) is 4.79 Å². The van der Waals surface area contributed by atoms with Crippen molar-refractivity contribution in [2.24, 2.45) is 0 Å². The average Bonchev–Trinajstić information content (AvgIpc) is 2.99. The Morgan fingerprint density at radius 3 is 2.69 bits per heavy atom. The minimum Gasteiger partial charge on any atom is -0.480 e. The summed E-state index contributed by atoms with van der Waals surface area (Å²) in [6.07, 6.45) is -0.324. The molecule has 1 aromatic carbocycles. The van der Waals surface area contributed by atoms with E-state index in [-0.39, 0.29) is 19.0 Å². The van der Waals surface area contributed by atoms with Crippen molar-refractivity contribution in [3.05, 3.63) is 41.5 Å². The first-order valence-corrected chi connectivity index (χ1v) is 8.56. The van der Waals surface area contributed by atoms with E-state index in [1.807, 2.05) is 32.0 Å². The van der Waals surface area contributed by atoms with Crippen molar-refractivity contribution in [3.8, 4) is 5.75 Å². The van der Waals surface area contributed by atoms with Gasteiger partial charge < -0.3 is 19.3 Å². The fourth-order valence-corrected chi connectivity index (χ4v) is 3.09. The number of carboxylic acid groups (broad SMARTS) is 1. The van der Waals surface area contributed by atoms with Gasteiger partial charge in [-0.15, -0.1) is 10.2 Å². The maximum Gasteiger partial charge on any atom is 0.328 e. The number of carbonyl (C=O) groups excluding carboxylic acids is 1. The predicted octanol–water partition coefficient (Wildman–Crippen LogP) is 1.55. The van der Waals surface area contributed by atoms with E-state index >= 15 is 0 Å². The number of hydrogen-bond donors (Lipinski definition) is 1. The van der Waals surface area contributed by atoms with Gasteiger partial charge in [-0.2, -0.15) is 0 Å². The molecule has 1 N–H and O–H groups in total. The van der Waals surface area contributed by atoms with E-state index in [0.29, 0.717) is 23.8 Å². The largest absolute Gasteiger partial charge is 0.480 e. The second-order valence-corrected chi connectivity index (χ2v) is 6.37. The van der Waals surface area contributed by atoms with Gasteiger partial charge in [0.2, 0.25) is 0 Å². The van der Waals surface area contributed by atoms with Crippen LogP contribution in [0.1, 0.15) is 30.6 Å². The second-order valence-electron chi connectivity index (χ2n) is 6.37. The molecule has 0 fully saturated rings. The number of rotatable bonds is 5. The maximum atomic E-state index is 13.1. The van der Waals surface area contributed by atoms with Gasteiger partial charge in [0.15, 0.2) is 11.9 Å². The molecule has 2 aromatic rings. The Morgan fingerprint density at radius 1 is 1.31 bits per heavy atom. The number of amides is 1. The standard InChI is InChI=1S/C18H22N4O4/c1-4-14(26-15-8-6-5-7-11(15)2)17(23)22-10-16-20-19-12(3)21(16)9-13(22)18(24)25/h5-8,13-14H,4,9-10H2,1-3H3,(H,24,25). The zero-order chi connectivity index (χ0) is 18.8. The quantitative estimate of drug-likeness (QED) is 0.871. The van der Waals surface area contributed by atoms with Gasteiger partial charge >= 0.3 is 5.97 Å². The number of ether oxygens (including phenoxy) is 1. The zero-order valence-corrected chi connectivity index (χ0v) is 15.0. The van der Waals surface area contributed by atoms with Crippen molar-refractivity contribution >= 4 is 11.9 Å². The lowest BCUT2D eigenvalue weighted by atomic mass is 10.1. The number of para-hydroxylation sites is 1. The summed E-state index contributed by atoms with van der Waals surface area (Å²) >= 11 is 0. The number of aryl methyl sites for hydroxylation is 2. The average molecular weight is 358 g/mol. The maximum absolute atomic E-state index is 13.1. The van der Waals surface area contributed by atoms with E-state index in [9.17, 15) is 14.7 Å². The van der Waals surface area contributed by atoms with Crippen LogP contribution in [0.5, 0.6) is 5.75 Å². The van der Waals surface area contributed by atoms with Crippen molar-refractivity contribution in [1.29, 1.82) is 0 Å². The summed E-state index contributed by atoms with van der Waals surface area (Å²) in [6.45, 7) is 5.75. The summed E-state index contributed by atoms with van der Waals surface area (Å²) in [5.74, 6) is 0.439. The third kappa shape index (κ3) is 3.26. The van der Waals surface area contributed by atoms with E-state index in [4.69, 9.17) is 4.74 Å². The zero-order valence-electron chi connectivity index (χ0n) is 15.0. The van der Waals surface area contributed by atoms with Gasteiger partial charge in [-0.05, 0) is 31.9 Å². The van der Waals surface area contributed by atoms with Gasteiger partial charge in [0.1, 0.15) is 17.6 Å². The van der Waals surface area contributed by atoms with E-state index in [1.54, 1.807) is 17.6 Å². The third-order valence-corrected chi connectivity index (χ3v) is 4.63. The molecule has 2 unspecified atom stereocenters. The summed E-state index contributed by atoms with van der Waals surface area (Å²) in [6, 6.07) is 6.46. The summed E-state index contributed by atoms with van der Waals surface area (Å²) in [5, 5.41) is 17.6. The summed E-state index contributed by atoms with van der Waals surface area (Å²) in [7, 11) is 0. The van der Waals surface area contributed by atoms with Gasteiger partial charge in [0.25, 0.3) is 5.91 Å². The number of nitrogens with zero attached hydrogens (tertiary/aromatic N) is 4. The minimum atomic E-state index is -1.05. The number of hydrogen-bond acceptors (Lipinski definition) is 5. The number of carboxylic acids is 1. The van der Waals surface area contributed by atoms with Crippen LogP contribution in [0.4, 0.5) is 0 Å². The Balaban J connectivity index is 1.86. The van der Waals surface area contributed by atoms with Crippen molar-refractivity contribution in [2.45, 2.75) is 52.4 Å². The number of carbonyl (C=O) groups is 2. The molecule has 0 saturated heterocycles. The van der Waals surface area contributed by atoms with E-state index in [0.717, 1.165) is 5.56 Å². The molecule has 2 atom stereocenters. The van der Waals surface area contributed by atoms with Crippen LogP contribution in [0.25, 0.3) is 0 Å². The molecule has 2 heterocycles. The highest BCUT2D eigenvalue weighted by atomic mass is 16.5. The van der Waals surface area contributed by atoms with Gasteiger partial charge in [-0.1, -0.05) is 25.1 Å². The number of aromatic nitrogens is 3. The molecule has 3 rings (SSSR count). The van der Waals surface area contributed by atoms with Crippen LogP contribution in [0.2, 0.25) is 0 Å². The number of fused-ring (bicyclic) bond motifs is 1.